The second-order valence-electron chi connectivity index (χ2n) is 5.32. The Morgan fingerprint density at radius 2 is 2.21 bits per heavy atom. The van der Waals surface area contributed by atoms with Gasteiger partial charge < -0.3 is 4.90 Å². The Balaban J connectivity index is 2.15. The predicted octanol–water partition coefficient (Wildman–Crippen LogP) is 2.24. The van der Waals surface area contributed by atoms with Crippen LogP contribution in [0.3, 0.4) is 0 Å². The third-order valence-corrected chi connectivity index (χ3v) is 6.36. The minimum absolute atomic E-state index is 0.154. The lowest BCUT2D eigenvalue weighted by Gasteiger charge is -2.35. The first-order chi connectivity index (χ1) is 9.01. The van der Waals surface area contributed by atoms with Gasteiger partial charge in [0.1, 0.15) is 0 Å². The summed E-state index contributed by atoms with van der Waals surface area (Å²) in [4.78, 5) is 2.57. The molecule has 4 nitrogen and oxygen atoms in total. The molecule has 0 spiro atoms. The standard InChI is InChI=1S/C13H22N2O2S2/c1-14(2)9-6-12-5-3-4-8-15(12)19(16,17)13-7-10-18-11-13/h7,10-12H,3-6,8-9H2,1-2H3/t12-/m1/s1. The van der Waals surface area contributed by atoms with Crippen LogP contribution in [-0.4, -0.2) is 50.8 Å². The van der Waals surface area contributed by atoms with E-state index in [1.807, 2.05) is 19.5 Å². The zero-order valence-corrected chi connectivity index (χ0v) is 13.2. The molecule has 0 saturated carbocycles. The topological polar surface area (TPSA) is 40.6 Å². The van der Waals surface area contributed by atoms with Crippen molar-refractivity contribution >= 4 is 21.4 Å². The maximum absolute atomic E-state index is 12.6. The van der Waals surface area contributed by atoms with Crippen LogP contribution in [0, 0.1) is 0 Å². The number of thiophene rings is 1. The molecule has 6 heteroatoms. The number of hydrogen-bond donors (Lipinski definition) is 0. The zero-order valence-electron chi connectivity index (χ0n) is 11.6. The quantitative estimate of drug-likeness (QED) is 0.837. The molecule has 1 aromatic heterocycles. The van der Waals surface area contributed by atoms with E-state index in [0.717, 1.165) is 32.2 Å². The molecule has 0 unspecified atom stereocenters. The number of rotatable bonds is 5. The first-order valence-electron chi connectivity index (χ1n) is 6.70. The summed E-state index contributed by atoms with van der Waals surface area (Å²) in [7, 11) is 0.766. The summed E-state index contributed by atoms with van der Waals surface area (Å²) in [5, 5.41) is 3.55. The van der Waals surface area contributed by atoms with Gasteiger partial charge in [-0.25, -0.2) is 8.42 Å². The van der Waals surface area contributed by atoms with Crippen molar-refractivity contribution in [1.29, 1.82) is 0 Å². The molecule has 2 rings (SSSR count). The maximum atomic E-state index is 12.6. The Bertz CT molecular complexity index is 483. The normalized spacial score (nSPS) is 21.9. The number of hydrogen-bond acceptors (Lipinski definition) is 4. The van der Waals surface area contributed by atoms with Gasteiger partial charge in [0.15, 0.2) is 0 Å². The average molecular weight is 302 g/mol. The fourth-order valence-corrected chi connectivity index (χ4v) is 5.26. The Labute approximate surface area is 120 Å². The third kappa shape index (κ3) is 3.56. The van der Waals surface area contributed by atoms with Crippen LogP contribution in [0.1, 0.15) is 25.7 Å². The fourth-order valence-electron chi connectivity index (χ4n) is 2.52. The zero-order chi connectivity index (χ0) is 13.9. The van der Waals surface area contributed by atoms with Gasteiger partial charge in [-0.2, -0.15) is 15.6 Å². The molecule has 1 aliphatic rings. The van der Waals surface area contributed by atoms with Crippen LogP contribution in [0.15, 0.2) is 21.7 Å². The minimum atomic E-state index is -3.29. The molecule has 0 N–H and O–H groups in total. The van der Waals surface area contributed by atoms with Gasteiger partial charge >= 0.3 is 0 Å². The van der Waals surface area contributed by atoms with Crippen LogP contribution >= 0.6 is 11.3 Å². The van der Waals surface area contributed by atoms with E-state index in [0.29, 0.717) is 11.4 Å². The highest BCUT2D eigenvalue weighted by Gasteiger charge is 2.33. The Morgan fingerprint density at radius 3 is 2.84 bits per heavy atom. The van der Waals surface area contributed by atoms with Crippen LogP contribution in [0.2, 0.25) is 0 Å². The first kappa shape index (κ1) is 15.0. The SMILES string of the molecule is CN(C)CC[C@H]1CCCCN1S(=O)(=O)c1ccsc1. The van der Waals surface area contributed by atoms with Crippen LogP contribution in [0.4, 0.5) is 0 Å². The molecule has 0 radical (unpaired) electrons. The average Bonchev–Trinajstić information content (AvgIpc) is 2.91. The van der Waals surface area contributed by atoms with Gasteiger partial charge in [-0.15, -0.1) is 0 Å². The molecular weight excluding hydrogens is 280 g/mol. The lowest BCUT2D eigenvalue weighted by Crippen LogP contribution is -2.44. The van der Waals surface area contributed by atoms with Crippen molar-refractivity contribution in [3.05, 3.63) is 16.8 Å². The molecule has 108 valence electrons. The lowest BCUT2D eigenvalue weighted by atomic mass is 10.0. The van der Waals surface area contributed by atoms with Crippen LogP contribution < -0.4 is 0 Å². The van der Waals surface area contributed by atoms with E-state index in [1.54, 1.807) is 15.8 Å². The summed E-state index contributed by atoms with van der Waals surface area (Å²) >= 11 is 1.44. The van der Waals surface area contributed by atoms with E-state index in [1.165, 1.54) is 11.3 Å². The van der Waals surface area contributed by atoms with Crippen molar-refractivity contribution in [3.63, 3.8) is 0 Å². The first-order valence-corrected chi connectivity index (χ1v) is 9.09. The van der Waals surface area contributed by atoms with Crippen molar-refractivity contribution in [2.24, 2.45) is 0 Å². The van der Waals surface area contributed by atoms with Crippen LogP contribution in [-0.2, 0) is 10.0 Å². The number of sulfonamides is 1. The summed E-state index contributed by atoms with van der Waals surface area (Å²) in [6.07, 6.45) is 4.00. The number of piperidine rings is 1. The largest absolute Gasteiger partial charge is 0.309 e. The minimum Gasteiger partial charge on any atom is -0.309 e. The highest BCUT2D eigenvalue weighted by atomic mass is 32.2. The molecule has 1 aromatic rings. The summed E-state index contributed by atoms with van der Waals surface area (Å²) in [6, 6.07) is 1.86. The van der Waals surface area contributed by atoms with Gasteiger partial charge in [0, 0.05) is 18.0 Å². The second kappa shape index (κ2) is 6.35. The van der Waals surface area contributed by atoms with E-state index in [-0.39, 0.29) is 6.04 Å². The van der Waals surface area contributed by atoms with E-state index < -0.39 is 10.0 Å². The van der Waals surface area contributed by atoms with E-state index in [9.17, 15) is 8.42 Å². The smallest absolute Gasteiger partial charge is 0.244 e. The van der Waals surface area contributed by atoms with Gasteiger partial charge in [0.05, 0.1) is 4.90 Å². The second-order valence-corrected chi connectivity index (χ2v) is 7.99. The van der Waals surface area contributed by atoms with Gasteiger partial charge in [0.25, 0.3) is 0 Å². The van der Waals surface area contributed by atoms with Crippen molar-refractivity contribution in [1.82, 2.24) is 9.21 Å². The molecule has 2 heterocycles. The molecule has 0 bridgehead atoms. The summed E-state index contributed by atoms with van der Waals surface area (Å²) in [6.45, 7) is 1.59. The molecule has 1 atom stereocenters. The Morgan fingerprint density at radius 1 is 1.42 bits per heavy atom. The third-order valence-electron chi connectivity index (χ3n) is 3.58. The highest BCUT2D eigenvalue weighted by molar-refractivity contribution is 7.89. The monoisotopic (exact) mass is 302 g/mol. The highest BCUT2D eigenvalue weighted by Crippen LogP contribution is 2.28. The van der Waals surface area contributed by atoms with Gasteiger partial charge in [-0.1, -0.05) is 6.42 Å². The predicted molar refractivity (Wildman–Crippen MR) is 79.0 cm³/mol. The van der Waals surface area contributed by atoms with Crippen molar-refractivity contribution in [2.45, 2.75) is 36.6 Å². The van der Waals surface area contributed by atoms with E-state index in [4.69, 9.17) is 0 Å². The molecule has 0 aliphatic carbocycles. The van der Waals surface area contributed by atoms with E-state index in [2.05, 4.69) is 4.90 Å². The van der Waals surface area contributed by atoms with Crippen molar-refractivity contribution in [2.75, 3.05) is 27.2 Å². The van der Waals surface area contributed by atoms with Gasteiger partial charge in [0.2, 0.25) is 10.0 Å². The van der Waals surface area contributed by atoms with Crippen LogP contribution in [0.25, 0.3) is 0 Å². The van der Waals surface area contributed by atoms with Gasteiger partial charge in [-0.05, 0) is 51.3 Å². The lowest BCUT2D eigenvalue weighted by molar-refractivity contribution is 0.222. The maximum Gasteiger partial charge on any atom is 0.244 e. The van der Waals surface area contributed by atoms with Gasteiger partial charge in [-0.3, -0.25) is 0 Å². The molecule has 0 aromatic carbocycles. The van der Waals surface area contributed by atoms with Crippen molar-refractivity contribution < 1.29 is 8.42 Å². The van der Waals surface area contributed by atoms with Crippen LogP contribution in [0.5, 0.6) is 0 Å². The van der Waals surface area contributed by atoms with E-state index >= 15 is 0 Å². The molecule has 1 fully saturated rings. The summed E-state index contributed by atoms with van der Waals surface area (Å²) < 4.78 is 27.0. The molecule has 19 heavy (non-hydrogen) atoms. The Kier molecular flexibility index (Phi) is 5.00. The molecular formula is C13H22N2O2S2. The Hall–Kier alpha value is -0.430. The molecule has 1 aliphatic heterocycles. The van der Waals surface area contributed by atoms with Crippen molar-refractivity contribution in [3.8, 4) is 0 Å². The molecule has 0 amide bonds. The molecule has 1 saturated heterocycles. The fraction of sp³-hybridized carbons (Fsp3) is 0.692. The number of nitrogens with zero attached hydrogens (tertiary/aromatic N) is 2. The summed E-state index contributed by atoms with van der Waals surface area (Å²) in [5.74, 6) is 0. The summed E-state index contributed by atoms with van der Waals surface area (Å²) in [5.41, 5.74) is 0.